The van der Waals surface area contributed by atoms with Crippen LogP contribution in [-0.2, 0) is 9.53 Å². The summed E-state index contributed by atoms with van der Waals surface area (Å²) in [6, 6.07) is 4.82. The van der Waals surface area contributed by atoms with Crippen molar-refractivity contribution in [2.45, 2.75) is 25.0 Å². The van der Waals surface area contributed by atoms with E-state index in [0.29, 0.717) is 12.4 Å². The number of carboxylic acids is 1. The number of benzene rings is 1. The van der Waals surface area contributed by atoms with Crippen LogP contribution in [-0.4, -0.2) is 42.6 Å². The van der Waals surface area contributed by atoms with Gasteiger partial charge in [0.05, 0.1) is 13.7 Å². The van der Waals surface area contributed by atoms with Crippen LogP contribution in [0.2, 0.25) is 0 Å². The first kappa shape index (κ1) is 14.6. The van der Waals surface area contributed by atoms with Crippen LogP contribution in [0.15, 0.2) is 18.2 Å². The second kappa shape index (κ2) is 6.58. The van der Waals surface area contributed by atoms with Crippen LogP contribution in [0.4, 0.5) is 0 Å². The third-order valence-corrected chi connectivity index (χ3v) is 3.15. The van der Waals surface area contributed by atoms with Crippen molar-refractivity contribution in [1.29, 1.82) is 0 Å². The second-order valence-corrected chi connectivity index (χ2v) is 4.58. The maximum Gasteiger partial charge on any atom is 0.337 e. The van der Waals surface area contributed by atoms with Crippen LogP contribution in [0.25, 0.3) is 0 Å². The Morgan fingerprint density at radius 1 is 1.50 bits per heavy atom. The van der Waals surface area contributed by atoms with E-state index in [-0.39, 0.29) is 17.4 Å². The number of aliphatic hydroxyl groups excluding tert-OH is 1. The van der Waals surface area contributed by atoms with E-state index in [2.05, 4.69) is 0 Å². The Hall–Kier alpha value is -1.79. The minimum Gasteiger partial charge on any atom is -0.492 e. The van der Waals surface area contributed by atoms with Crippen LogP contribution < -0.4 is 9.47 Å². The second-order valence-electron chi connectivity index (χ2n) is 4.58. The predicted molar refractivity (Wildman–Crippen MR) is 70.1 cm³/mol. The van der Waals surface area contributed by atoms with Gasteiger partial charge in [0.2, 0.25) is 0 Å². The van der Waals surface area contributed by atoms with Crippen LogP contribution >= 0.6 is 0 Å². The van der Waals surface area contributed by atoms with Gasteiger partial charge >= 0.3 is 5.97 Å². The van der Waals surface area contributed by atoms with Crippen molar-refractivity contribution >= 4 is 5.97 Å². The molecule has 6 heteroatoms. The molecule has 1 saturated heterocycles. The number of ether oxygens (including phenoxy) is 3. The average Bonchev–Trinajstić information content (AvgIpc) is 2.47. The summed E-state index contributed by atoms with van der Waals surface area (Å²) in [6.07, 6.45) is 0.0604. The lowest BCUT2D eigenvalue weighted by molar-refractivity contribution is -0.147. The fourth-order valence-electron chi connectivity index (χ4n) is 2.18. The molecular weight excluding hydrogens is 264 g/mol. The lowest BCUT2D eigenvalue weighted by Crippen LogP contribution is -2.28. The smallest absolute Gasteiger partial charge is 0.337 e. The first-order valence-electron chi connectivity index (χ1n) is 6.45. The van der Waals surface area contributed by atoms with Gasteiger partial charge < -0.3 is 24.4 Å². The molecule has 1 aromatic carbocycles. The van der Waals surface area contributed by atoms with Crippen molar-refractivity contribution in [2.24, 2.45) is 0 Å². The molecule has 0 aromatic heterocycles. The van der Waals surface area contributed by atoms with E-state index in [1.54, 1.807) is 12.1 Å². The maximum atomic E-state index is 10.9. The molecule has 0 radical (unpaired) electrons. The molecule has 2 unspecified atom stereocenters. The fourth-order valence-corrected chi connectivity index (χ4v) is 2.18. The largest absolute Gasteiger partial charge is 0.492 e. The first-order valence-corrected chi connectivity index (χ1v) is 6.45. The predicted octanol–water partition coefficient (Wildman–Crippen LogP) is 1.37. The van der Waals surface area contributed by atoms with E-state index >= 15 is 0 Å². The summed E-state index contributed by atoms with van der Waals surface area (Å²) >= 11 is 0. The van der Waals surface area contributed by atoms with Crippen LogP contribution in [0.1, 0.15) is 24.5 Å². The average molecular weight is 282 g/mol. The highest BCUT2D eigenvalue weighted by molar-refractivity contribution is 5.75. The van der Waals surface area contributed by atoms with Gasteiger partial charge in [0.15, 0.2) is 17.6 Å². The monoisotopic (exact) mass is 282 g/mol. The van der Waals surface area contributed by atoms with Crippen LogP contribution in [0.3, 0.4) is 0 Å². The minimum atomic E-state index is -1.64. The number of hydrogen-bond acceptors (Lipinski definition) is 5. The van der Waals surface area contributed by atoms with E-state index < -0.39 is 12.1 Å². The molecular formula is C14H18O6. The van der Waals surface area contributed by atoms with E-state index in [0.717, 1.165) is 19.4 Å². The zero-order chi connectivity index (χ0) is 14.5. The lowest BCUT2D eigenvalue weighted by atomic mass is 10.1. The summed E-state index contributed by atoms with van der Waals surface area (Å²) < 4.78 is 16.3. The SMILES string of the molecule is COc1c(OC2CCCOC2)cccc1C(O)C(=O)O. The highest BCUT2D eigenvalue weighted by atomic mass is 16.5. The molecule has 0 amide bonds. The molecule has 0 bridgehead atoms. The molecule has 2 atom stereocenters. The molecule has 1 heterocycles. The van der Waals surface area contributed by atoms with Crippen molar-refractivity contribution in [2.75, 3.05) is 20.3 Å². The Balaban J connectivity index is 2.23. The summed E-state index contributed by atoms with van der Waals surface area (Å²) in [7, 11) is 1.41. The number of methoxy groups -OCH3 is 1. The normalized spacial score (nSPS) is 20.2. The van der Waals surface area contributed by atoms with Crippen molar-refractivity contribution in [3.05, 3.63) is 23.8 Å². The highest BCUT2D eigenvalue weighted by Crippen LogP contribution is 2.36. The molecule has 1 aliphatic rings. The third kappa shape index (κ3) is 3.20. The summed E-state index contributed by atoms with van der Waals surface area (Å²) in [4.78, 5) is 10.9. The number of hydrogen-bond donors (Lipinski definition) is 2. The van der Waals surface area contributed by atoms with Gasteiger partial charge in [-0.25, -0.2) is 4.79 Å². The lowest BCUT2D eigenvalue weighted by Gasteiger charge is -2.25. The van der Waals surface area contributed by atoms with Crippen LogP contribution in [0.5, 0.6) is 11.5 Å². The fraction of sp³-hybridized carbons (Fsp3) is 0.500. The summed E-state index contributed by atoms with van der Waals surface area (Å²) in [6.45, 7) is 1.23. The van der Waals surface area contributed by atoms with Crippen LogP contribution in [0, 0.1) is 0 Å². The Labute approximate surface area is 116 Å². The number of aliphatic carboxylic acids is 1. The van der Waals surface area contributed by atoms with Gasteiger partial charge in [0, 0.05) is 12.2 Å². The van der Waals surface area contributed by atoms with Crippen molar-refractivity contribution < 1.29 is 29.2 Å². The number of carbonyl (C=O) groups is 1. The molecule has 110 valence electrons. The van der Waals surface area contributed by atoms with E-state index in [1.165, 1.54) is 13.2 Å². The molecule has 0 aliphatic carbocycles. The minimum absolute atomic E-state index is 0.0881. The van der Waals surface area contributed by atoms with Crippen molar-refractivity contribution in [1.82, 2.24) is 0 Å². The molecule has 0 spiro atoms. The quantitative estimate of drug-likeness (QED) is 0.848. The van der Waals surface area contributed by atoms with Gasteiger partial charge in [0.25, 0.3) is 0 Å². The van der Waals surface area contributed by atoms with Gasteiger partial charge in [-0.3, -0.25) is 0 Å². The molecule has 2 rings (SSSR count). The Kier molecular flexibility index (Phi) is 4.81. The molecule has 1 aliphatic heterocycles. The zero-order valence-electron chi connectivity index (χ0n) is 11.2. The topological polar surface area (TPSA) is 85.2 Å². The third-order valence-electron chi connectivity index (χ3n) is 3.15. The van der Waals surface area contributed by atoms with Gasteiger partial charge in [-0.1, -0.05) is 12.1 Å². The maximum absolute atomic E-state index is 10.9. The first-order chi connectivity index (χ1) is 9.63. The highest BCUT2D eigenvalue weighted by Gasteiger charge is 2.24. The molecule has 1 aromatic rings. The molecule has 2 N–H and O–H groups in total. The molecule has 1 fully saturated rings. The molecule has 6 nitrogen and oxygen atoms in total. The van der Waals surface area contributed by atoms with Crippen molar-refractivity contribution in [3.8, 4) is 11.5 Å². The van der Waals surface area contributed by atoms with Gasteiger partial charge in [-0.15, -0.1) is 0 Å². The Morgan fingerprint density at radius 3 is 2.90 bits per heavy atom. The van der Waals surface area contributed by atoms with E-state index in [9.17, 15) is 9.90 Å². The van der Waals surface area contributed by atoms with Gasteiger partial charge in [-0.2, -0.15) is 0 Å². The summed E-state index contributed by atoms with van der Waals surface area (Å²) in [5.41, 5.74) is 0.175. The number of carboxylic acid groups (broad SMARTS) is 1. The molecule has 20 heavy (non-hydrogen) atoms. The Morgan fingerprint density at radius 2 is 2.30 bits per heavy atom. The number of rotatable bonds is 5. The van der Waals surface area contributed by atoms with E-state index in [4.69, 9.17) is 19.3 Å². The zero-order valence-corrected chi connectivity index (χ0v) is 11.2. The number of para-hydroxylation sites is 1. The van der Waals surface area contributed by atoms with E-state index in [1.807, 2.05) is 0 Å². The van der Waals surface area contributed by atoms with Crippen molar-refractivity contribution in [3.63, 3.8) is 0 Å². The summed E-state index contributed by atoms with van der Waals surface area (Å²) in [5, 5.41) is 18.6. The molecule has 0 saturated carbocycles. The summed E-state index contributed by atoms with van der Waals surface area (Å²) in [5.74, 6) is -0.671. The standard InChI is InChI=1S/C14H18O6/c1-18-13-10(12(15)14(16)17)5-2-6-11(13)20-9-4-3-7-19-8-9/h2,5-6,9,12,15H,3-4,7-8H2,1H3,(H,16,17). The number of aliphatic hydroxyl groups is 1. The van der Waals surface area contributed by atoms with Gasteiger partial charge in [-0.05, 0) is 18.9 Å². The van der Waals surface area contributed by atoms with Gasteiger partial charge in [0.1, 0.15) is 6.10 Å². The Bertz CT molecular complexity index is 467.